The first-order chi connectivity index (χ1) is 18.1. The monoisotopic (exact) mass is 540 g/mol. The summed E-state index contributed by atoms with van der Waals surface area (Å²) in [5.74, 6) is 9.44. The molecule has 218 valence electrons. The molecular formula is C34H52O5. The molecule has 0 bridgehead atoms. The van der Waals surface area contributed by atoms with Crippen LogP contribution < -0.4 is 4.74 Å². The Balaban J connectivity index is 0.00000353. The predicted molar refractivity (Wildman–Crippen MR) is 155 cm³/mol. The van der Waals surface area contributed by atoms with Crippen LogP contribution in [0.3, 0.4) is 0 Å². The number of rotatable bonds is 6. The number of ether oxygens (including phenoxy) is 2. The molecule has 0 spiro atoms. The van der Waals surface area contributed by atoms with Crippen LogP contribution in [0.2, 0.25) is 0 Å². The topological polar surface area (TPSA) is 79.2 Å². The first-order valence-electron chi connectivity index (χ1n) is 14.9. The minimum absolute atomic E-state index is 0. The van der Waals surface area contributed by atoms with Gasteiger partial charge in [0.25, 0.3) is 0 Å². The van der Waals surface area contributed by atoms with Crippen molar-refractivity contribution >= 4 is 0 Å². The molecular weight excluding hydrogens is 488 g/mol. The molecule has 0 aliphatic heterocycles. The van der Waals surface area contributed by atoms with Gasteiger partial charge in [-0.1, -0.05) is 33.1 Å². The average Bonchev–Trinajstić information content (AvgIpc) is 3.25. The summed E-state index contributed by atoms with van der Waals surface area (Å²) in [4.78, 5) is 0. The molecule has 4 aliphatic carbocycles. The highest BCUT2D eigenvalue weighted by molar-refractivity contribution is 5.38. The van der Waals surface area contributed by atoms with Gasteiger partial charge in [0.05, 0.1) is 24.4 Å². The molecule has 0 radical (unpaired) electrons. The Morgan fingerprint density at radius 1 is 0.923 bits per heavy atom. The number of hydrogen-bond donors (Lipinski definition) is 3. The summed E-state index contributed by atoms with van der Waals surface area (Å²) in [5.41, 5.74) is 0.276. The van der Waals surface area contributed by atoms with Crippen LogP contribution in [0, 0.1) is 52.3 Å². The van der Waals surface area contributed by atoms with E-state index >= 15 is 0 Å². The van der Waals surface area contributed by atoms with E-state index in [-0.39, 0.29) is 42.3 Å². The molecule has 1 aromatic carbocycles. The van der Waals surface area contributed by atoms with Crippen molar-refractivity contribution in [2.75, 3.05) is 20.3 Å². The molecule has 0 amide bonds. The van der Waals surface area contributed by atoms with Gasteiger partial charge < -0.3 is 24.8 Å². The molecule has 4 aliphatic rings. The molecule has 5 nitrogen and oxygen atoms in total. The van der Waals surface area contributed by atoms with E-state index < -0.39 is 5.60 Å². The van der Waals surface area contributed by atoms with Crippen LogP contribution in [0.5, 0.6) is 5.75 Å². The van der Waals surface area contributed by atoms with Gasteiger partial charge >= 0.3 is 0 Å². The maximum Gasteiger partial charge on any atom is 0.119 e. The van der Waals surface area contributed by atoms with Gasteiger partial charge in [-0.15, -0.1) is 0 Å². The summed E-state index contributed by atoms with van der Waals surface area (Å²) >= 11 is 0. The molecule has 0 heterocycles. The highest BCUT2D eigenvalue weighted by Gasteiger charge is 2.63. The fourth-order valence-electron chi connectivity index (χ4n) is 9.63. The molecule has 5 rings (SSSR count). The Morgan fingerprint density at radius 2 is 1.62 bits per heavy atom. The number of aliphatic hydroxyl groups is 3. The minimum Gasteiger partial charge on any atom is -0.491 e. The molecule has 7 unspecified atom stereocenters. The molecule has 39 heavy (non-hydrogen) atoms. The van der Waals surface area contributed by atoms with Gasteiger partial charge in [-0.3, -0.25) is 0 Å². The molecule has 1 aromatic rings. The van der Waals surface area contributed by atoms with Gasteiger partial charge in [-0.05, 0) is 123 Å². The van der Waals surface area contributed by atoms with E-state index in [4.69, 9.17) is 9.47 Å². The number of fused-ring (bicyclic) bond motifs is 5. The highest BCUT2D eigenvalue weighted by Crippen LogP contribution is 2.68. The van der Waals surface area contributed by atoms with Crippen molar-refractivity contribution in [2.24, 2.45) is 40.4 Å². The van der Waals surface area contributed by atoms with Crippen molar-refractivity contribution in [1.29, 1.82) is 0 Å². The molecule has 0 saturated heterocycles. The lowest BCUT2D eigenvalue weighted by Gasteiger charge is -2.62. The van der Waals surface area contributed by atoms with Crippen molar-refractivity contribution in [1.82, 2.24) is 0 Å². The third-order valence-electron chi connectivity index (χ3n) is 11.5. The van der Waals surface area contributed by atoms with Crippen molar-refractivity contribution in [3.63, 3.8) is 0 Å². The van der Waals surface area contributed by atoms with E-state index in [0.29, 0.717) is 37.4 Å². The van der Waals surface area contributed by atoms with Gasteiger partial charge in [-0.2, -0.15) is 0 Å². The van der Waals surface area contributed by atoms with Gasteiger partial charge in [0.2, 0.25) is 0 Å². The Morgan fingerprint density at radius 3 is 2.33 bits per heavy atom. The van der Waals surface area contributed by atoms with E-state index in [2.05, 4.69) is 25.7 Å². The lowest BCUT2D eigenvalue weighted by molar-refractivity contribution is -0.178. The molecule has 4 fully saturated rings. The van der Waals surface area contributed by atoms with Crippen molar-refractivity contribution < 1.29 is 24.8 Å². The maximum absolute atomic E-state index is 11.8. The number of methoxy groups -OCH3 is 1. The second-order valence-corrected chi connectivity index (χ2v) is 13.6. The van der Waals surface area contributed by atoms with Crippen molar-refractivity contribution in [3.05, 3.63) is 29.8 Å². The maximum atomic E-state index is 11.8. The van der Waals surface area contributed by atoms with Gasteiger partial charge in [0.1, 0.15) is 12.4 Å². The van der Waals surface area contributed by atoms with Crippen molar-refractivity contribution in [3.8, 4) is 17.6 Å². The second-order valence-electron chi connectivity index (χ2n) is 13.6. The first-order valence-corrected chi connectivity index (χ1v) is 14.9. The SMILES string of the molecule is C.COCCOc1ccc(C#CC[C@](C)(O)C2CC[C@H]3C4C[C@H](O)C5CC(O)CCC5(C)C4CCC23C)cc1. The molecule has 4 saturated carbocycles. The Hall–Kier alpha value is -1.58. The summed E-state index contributed by atoms with van der Waals surface area (Å²) in [7, 11) is 1.66. The zero-order valence-electron chi connectivity index (χ0n) is 23.8. The smallest absolute Gasteiger partial charge is 0.119 e. The Kier molecular flexibility index (Phi) is 9.14. The molecule has 3 N–H and O–H groups in total. The molecule has 5 heteroatoms. The van der Waals surface area contributed by atoms with Crippen LogP contribution in [-0.2, 0) is 4.74 Å². The van der Waals surface area contributed by atoms with E-state index in [0.717, 1.165) is 56.3 Å². The van der Waals surface area contributed by atoms with Gasteiger partial charge in [0.15, 0.2) is 0 Å². The van der Waals surface area contributed by atoms with Crippen LogP contribution in [0.4, 0.5) is 0 Å². The summed E-state index contributed by atoms with van der Waals surface area (Å²) in [5, 5.41) is 33.4. The van der Waals surface area contributed by atoms with E-state index in [9.17, 15) is 15.3 Å². The van der Waals surface area contributed by atoms with Crippen molar-refractivity contribution in [2.45, 2.75) is 104 Å². The third kappa shape index (κ3) is 5.65. The van der Waals surface area contributed by atoms with Gasteiger partial charge in [0, 0.05) is 19.1 Å². The zero-order valence-corrected chi connectivity index (χ0v) is 23.8. The number of benzene rings is 1. The quantitative estimate of drug-likeness (QED) is 0.313. The molecule has 0 aromatic heterocycles. The summed E-state index contributed by atoms with van der Waals surface area (Å²) in [6, 6.07) is 7.78. The van der Waals surface area contributed by atoms with Crippen LogP contribution in [0.1, 0.15) is 91.5 Å². The highest BCUT2D eigenvalue weighted by atomic mass is 16.5. The fraction of sp³-hybridized carbons (Fsp3) is 0.765. The van der Waals surface area contributed by atoms with Gasteiger partial charge in [-0.25, -0.2) is 0 Å². The van der Waals surface area contributed by atoms with Crippen LogP contribution in [-0.4, -0.2) is 53.5 Å². The van der Waals surface area contributed by atoms with Crippen LogP contribution in [0.25, 0.3) is 0 Å². The number of hydrogen-bond acceptors (Lipinski definition) is 5. The standard InChI is InChI=1S/C33H48O5.CH4/c1-31-16-13-23(34)20-28(31)29(35)21-25-26-11-12-30(32(26,2)17-14-27(25)31)33(3,36)15-5-6-22-7-9-24(10-8-22)38-19-18-37-4;/h7-10,23,25-30,34-36H,11-21H2,1-4H3;1H4/t23?,25?,26-,27?,28?,29-,30?,31?,32?,33-;/m0./s1. The fourth-order valence-corrected chi connectivity index (χ4v) is 9.63. The van der Waals surface area contributed by atoms with Crippen LogP contribution in [0.15, 0.2) is 24.3 Å². The lowest BCUT2D eigenvalue weighted by atomic mass is 9.43. The second kappa shape index (κ2) is 11.7. The van der Waals surface area contributed by atoms with E-state index in [1.54, 1.807) is 7.11 Å². The Labute approximate surface area is 236 Å². The van der Waals surface area contributed by atoms with Crippen LogP contribution >= 0.6 is 0 Å². The zero-order chi connectivity index (χ0) is 27.1. The predicted octanol–water partition coefficient (Wildman–Crippen LogP) is 5.83. The molecule has 10 atom stereocenters. The minimum atomic E-state index is -0.846. The average molecular weight is 541 g/mol. The largest absolute Gasteiger partial charge is 0.491 e. The third-order valence-corrected chi connectivity index (χ3v) is 11.5. The summed E-state index contributed by atoms with van der Waals surface area (Å²) in [6.45, 7) is 7.90. The van der Waals surface area contributed by atoms with E-state index in [1.807, 2.05) is 31.2 Å². The first kappa shape index (κ1) is 30.4. The summed E-state index contributed by atoms with van der Waals surface area (Å²) in [6.07, 6.45) is 7.85. The normalized spacial score (nSPS) is 40.5. The van der Waals surface area contributed by atoms with E-state index in [1.165, 1.54) is 6.42 Å². The summed E-state index contributed by atoms with van der Waals surface area (Å²) < 4.78 is 10.7. The lowest BCUT2D eigenvalue weighted by Crippen LogP contribution is -2.59. The number of aliphatic hydroxyl groups excluding tert-OH is 2. The Bertz CT molecular complexity index is 1020.